The third kappa shape index (κ3) is 3.89. The van der Waals surface area contributed by atoms with E-state index < -0.39 is 0 Å². The minimum Gasteiger partial charge on any atom is -0.348 e. The molecule has 2 nitrogen and oxygen atoms in total. The van der Waals surface area contributed by atoms with Crippen LogP contribution in [0.25, 0.3) is 6.08 Å². The molecular formula is C14H13NOS. The van der Waals surface area contributed by atoms with Gasteiger partial charge >= 0.3 is 0 Å². The molecule has 0 aliphatic heterocycles. The maximum absolute atomic E-state index is 11.5. The Balaban J connectivity index is 1.83. The highest BCUT2D eigenvalue weighted by Crippen LogP contribution is 2.07. The van der Waals surface area contributed by atoms with Gasteiger partial charge in [0.15, 0.2) is 0 Å². The van der Waals surface area contributed by atoms with Crippen molar-refractivity contribution in [3.05, 3.63) is 64.4 Å². The Labute approximate surface area is 105 Å². The van der Waals surface area contributed by atoms with Crippen molar-refractivity contribution in [3.8, 4) is 0 Å². The highest BCUT2D eigenvalue weighted by molar-refractivity contribution is 7.09. The molecule has 2 rings (SSSR count). The van der Waals surface area contributed by atoms with Crippen molar-refractivity contribution < 1.29 is 4.79 Å². The third-order valence-electron chi connectivity index (χ3n) is 2.24. The molecule has 3 heteroatoms. The largest absolute Gasteiger partial charge is 0.348 e. The first-order valence-corrected chi connectivity index (χ1v) is 6.26. The zero-order valence-corrected chi connectivity index (χ0v) is 10.1. The van der Waals surface area contributed by atoms with Crippen LogP contribution >= 0.6 is 11.3 Å². The Bertz CT molecular complexity index is 488. The molecule has 0 atom stereocenters. The Morgan fingerprint density at radius 1 is 1.18 bits per heavy atom. The van der Waals surface area contributed by atoms with E-state index in [1.165, 1.54) is 0 Å². The molecule has 0 aliphatic rings. The Kier molecular flexibility index (Phi) is 4.11. The summed E-state index contributed by atoms with van der Waals surface area (Å²) in [6.45, 7) is 0.593. The molecule has 0 bridgehead atoms. The molecule has 0 spiro atoms. The number of hydrogen-bond acceptors (Lipinski definition) is 2. The molecule has 0 fully saturated rings. The summed E-state index contributed by atoms with van der Waals surface area (Å²) < 4.78 is 0. The van der Waals surface area contributed by atoms with Crippen LogP contribution in [0.2, 0.25) is 0 Å². The SMILES string of the molecule is O=C(/C=C/c1ccccc1)NCc1cccs1. The van der Waals surface area contributed by atoms with Crippen LogP contribution in [0.1, 0.15) is 10.4 Å². The number of hydrogen-bond donors (Lipinski definition) is 1. The van der Waals surface area contributed by atoms with Crippen molar-refractivity contribution in [1.82, 2.24) is 5.32 Å². The van der Waals surface area contributed by atoms with Gasteiger partial charge in [-0.2, -0.15) is 0 Å². The first kappa shape index (κ1) is 11.6. The zero-order valence-electron chi connectivity index (χ0n) is 9.30. The summed E-state index contributed by atoms with van der Waals surface area (Å²) in [5, 5.41) is 4.84. The summed E-state index contributed by atoms with van der Waals surface area (Å²) >= 11 is 1.64. The molecule has 17 heavy (non-hydrogen) atoms. The third-order valence-corrected chi connectivity index (χ3v) is 3.12. The fourth-order valence-corrected chi connectivity index (χ4v) is 2.03. The van der Waals surface area contributed by atoms with Crippen molar-refractivity contribution >= 4 is 23.3 Å². The van der Waals surface area contributed by atoms with Gasteiger partial charge in [-0.05, 0) is 23.1 Å². The lowest BCUT2D eigenvalue weighted by molar-refractivity contribution is -0.116. The van der Waals surface area contributed by atoms with E-state index in [1.54, 1.807) is 17.4 Å². The first-order valence-electron chi connectivity index (χ1n) is 5.38. The first-order chi connectivity index (χ1) is 8.34. The van der Waals surface area contributed by atoms with Crippen molar-refractivity contribution in [3.63, 3.8) is 0 Å². The van der Waals surface area contributed by atoms with Crippen molar-refractivity contribution in [1.29, 1.82) is 0 Å². The van der Waals surface area contributed by atoms with Crippen LogP contribution in [0.4, 0.5) is 0 Å². The topological polar surface area (TPSA) is 29.1 Å². The molecule has 86 valence electrons. The lowest BCUT2D eigenvalue weighted by Gasteiger charge is -1.98. The van der Waals surface area contributed by atoms with E-state index in [0.29, 0.717) is 6.54 Å². The maximum Gasteiger partial charge on any atom is 0.244 e. The summed E-state index contributed by atoms with van der Waals surface area (Å²) in [5.74, 6) is -0.0674. The summed E-state index contributed by atoms with van der Waals surface area (Å²) in [6.07, 6.45) is 3.37. The van der Waals surface area contributed by atoms with Gasteiger partial charge < -0.3 is 5.32 Å². The molecule has 0 saturated heterocycles. The molecule has 1 aromatic heterocycles. The van der Waals surface area contributed by atoms with Gasteiger partial charge in [-0.25, -0.2) is 0 Å². The quantitative estimate of drug-likeness (QED) is 0.821. The number of amides is 1. The van der Waals surface area contributed by atoms with Crippen LogP contribution in [0.5, 0.6) is 0 Å². The molecule has 0 radical (unpaired) electrons. The summed E-state index contributed by atoms with van der Waals surface area (Å²) in [5.41, 5.74) is 1.03. The van der Waals surface area contributed by atoms with Crippen molar-refractivity contribution in [2.24, 2.45) is 0 Å². The molecule has 0 aliphatic carbocycles. The van der Waals surface area contributed by atoms with Gasteiger partial charge in [0.1, 0.15) is 0 Å². The van der Waals surface area contributed by atoms with Gasteiger partial charge in [-0.15, -0.1) is 11.3 Å². The number of nitrogens with one attached hydrogen (secondary N) is 1. The van der Waals surface area contributed by atoms with Gasteiger partial charge in [0.2, 0.25) is 5.91 Å². The number of thiophene rings is 1. The Hall–Kier alpha value is -1.87. The standard InChI is InChI=1S/C14H13NOS/c16-14(15-11-13-7-4-10-17-13)9-8-12-5-2-1-3-6-12/h1-10H,11H2,(H,15,16)/b9-8+. The predicted octanol–water partition coefficient (Wildman–Crippen LogP) is 3.08. The lowest BCUT2D eigenvalue weighted by atomic mass is 10.2. The Morgan fingerprint density at radius 3 is 2.71 bits per heavy atom. The number of carbonyl (C=O) groups is 1. The molecule has 1 heterocycles. The van der Waals surface area contributed by atoms with Crippen LogP contribution in [-0.2, 0) is 11.3 Å². The molecule has 0 unspecified atom stereocenters. The second kappa shape index (κ2) is 6.01. The van der Waals surface area contributed by atoms with Gasteiger partial charge in [0.25, 0.3) is 0 Å². The molecule has 1 amide bonds. The van der Waals surface area contributed by atoms with E-state index in [2.05, 4.69) is 5.32 Å². The predicted molar refractivity (Wildman–Crippen MR) is 71.6 cm³/mol. The van der Waals surface area contributed by atoms with Crippen molar-refractivity contribution in [2.45, 2.75) is 6.54 Å². The number of carbonyl (C=O) groups excluding carboxylic acids is 1. The number of benzene rings is 1. The van der Waals surface area contributed by atoms with E-state index in [-0.39, 0.29) is 5.91 Å². The minimum absolute atomic E-state index is 0.0674. The Morgan fingerprint density at radius 2 is 2.00 bits per heavy atom. The summed E-state index contributed by atoms with van der Waals surface area (Å²) in [7, 11) is 0. The van der Waals surface area contributed by atoms with E-state index in [9.17, 15) is 4.79 Å². The zero-order chi connectivity index (χ0) is 11.9. The van der Waals surface area contributed by atoms with E-state index in [0.717, 1.165) is 10.4 Å². The van der Waals surface area contributed by atoms with Crippen LogP contribution in [0.15, 0.2) is 53.9 Å². The van der Waals surface area contributed by atoms with Crippen LogP contribution in [0, 0.1) is 0 Å². The average molecular weight is 243 g/mol. The van der Waals surface area contributed by atoms with Crippen LogP contribution < -0.4 is 5.32 Å². The fraction of sp³-hybridized carbons (Fsp3) is 0.0714. The molecule has 0 saturated carbocycles. The minimum atomic E-state index is -0.0674. The van der Waals surface area contributed by atoms with Gasteiger partial charge in [0.05, 0.1) is 6.54 Å². The molecule has 2 aromatic rings. The lowest BCUT2D eigenvalue weighted by Crippen LogP contribution is -2.19. The highest BCUT2D eigenvalue weighted by Gasteiger charge is 1.96. The van der Waals surface area contributed by atoms with E-state index in [1.807, 2.05) is 53.9 Å². The number of rotatable bonds is 4. The molecule has 1 N–H and O–H groups in total. The average Bonchev–Trinajstić information content (AvgIpc) is 2.88. The second-order valence-corrected chi connectivity index (χ2v) is 4.57. The smallest absolute Gasteiger partial charge is 0.244 e. The van der Waals surface area contributed by atoms with Gasteiger partial charge in [0, 0.05) is 11.0 Å². The summed E-state index contributed by atoms with van der Waals surface area (Å²) in [6, 6.07) is 13.8. The van der Waals surface area contributed by atoms with Crippen LogP contribution in [-0.4, -0.2) is 5.91 Å². The van der Waals surface area contributed by atoms with Gasteiger partial charge in [-0.1, -0.05) is 36.4 Å². The monoisotopic (exact) mass is 243 g/mol. The van der Waals surface area contributed by atoms with E-state index >= 15 is 0 Å². The van der Waals surface area contributed by atoms with Crippen LogP contribution in [0.3, 0.4) is 0 Å². The fourth-order valence-electron chi connectivity index (χ4n) is 1.38. The summed E-state index contributed by atoms with van der Waals surface area (Å²) in [4.78, 5) is 12.7. The van der Waals surface area contributed by atoms with Gasteiger partial charge in [-0.3, -0.25) is 4.79 Å². The normalized spacial score (nSPS) is 10.6. The van der Waals surface area contributed by atoms with E-state index in [4.69, 9.17) is 0 Å². The maximum atomic E-state index is 11.5. The highest BCUT2D eigenvalue weighted by atomic mass is 32.1. The molecular weight excluding hydrogens is 230 g/mol. The molecule has 1 aromatic carbocycles. The van der Waals surface area contributed by atoms with Crippen molar-refractivity contribution in [2.75, 3.05) is 0 Å². The second-order valence-electron chi connectivity index (χ2n) is 3.54.